The van der Waals surface area contributed by atoms with Crippen LogP contribution in [-0.4, -0.2) is 23.1 Å². The van der Waals surface area contributed by atoms with Gasteiger partial charge in [-0.25, -0.2) is 0 Å². The summed E-state index contributed by atoms with van der Waals surface area (Å²) >= 11 is 5.12. The third kappa shape index (κ3) is 5.60. The lowest BCUT2D eigenvalue weighted by Crippen LogP contribution is -2.41. The number of carbonyl (C=O) groups is 2. The molecule has 1 fully saturated rings. The zero-order valence-corrected chi connectivity index (χ0v) is 14.9. The molecule has 5 nitrogen and oxygen atoms in total. The van der Waals surface area contributed by atoms with Crippen LogP contribution in [0.3, 0.4) is 0 Å². The minimum Gasteiger partial charge on any atom is -0.453 e. The van der Waals surface area contributed by atoms with Crippen LogP contribution in [-0.2, 0) is 14.3 Å². The maximum atomic E-state index is 11.8. The Kier molecular flexibility index (Phi) is 6.73. The van der Waals surface area contributed by atoms with E-state index >= 15 is 0 Å². The molecule has 1 atom stereocenters. The molecule has 1 amide bonds. The predicted octanol–water partition coefficient (Wildman–Crippen LogP) is 3.50. The summed E-state index contributed by atoms with van der Waals surface area (Å²) in [7, 11) is 0. The van der Waals surface area contributed by atoms with Gasteiger partial charge in [-0.2, -0.15) is 0 Å². The summed E-state index contributed by atoms with van der Waals surface area (Å²) in [5.41, 5.74) is 2.18. The molecule has 0 aliphatic heterocycles. The second-order valence-electron chi connectivity index (χ2n) is 6.15. The van der Waals surface area contributed by atoms with Gasteiger partial charge in [0.15, 0.2) is 11.2 Å². The zero-order valence-electron chi connectivity index (χ0n) is 14.1. The van der Waals surface area contributed by atoms with Crippen molar-refractivity contribution in [2.45, 2.75) is 58.0 Å². The summed E-state index contributed by atoms with van der Waals surface area (Å²) in [4.78, 5) is 22.7. The fourth-order valence-electron chi connectivity index (χ4n) is 2.95. The van der Waals surface area contributed by atoms with E-state index in [2.05, 4.69) is 22.8 Å². The molecule has 24 heavy (non-hydrogen) atoms. The van der Waals surface area contributed by atoms with Crippen LogP contribution in [0.2, 0.25) is 0 Å². The lowest BCUT2D eigenvalue weighted by Gasteiger charge is -2.22. The van der Waals surface area contributed by atoms with Gasteiger partial charge in [-0.3, -0.25) is 14.9 Å². The Morgan fingerprint density at radius 3 is 2.38 bits per heavy atom. The van der Waals surface area contributed by atoms with Gasteiger partial charge in [-0.1, -0.05) is 31.4 Å². The summed E-state index contributed by atoms with van der Waals surface area (Å²) in [6.45, 7) is 2.76. The third-order valence-corrected chi connectivity index (χ3v) is 4.40. The molecule has 0 aromatic heterocycles. The van der Waals surface area contributed by atoms with Gasteiger partial charge in [-0.15, -0.1) is 0 Å². The number of hydrogen-bond acceptors (Lipinski definition) is 4. The van der Waals surface area contributed by atoms with Crippen molar-refractivity contribution in [3.05, 3.63) is 29.8 Å². The number of esters is 1. The van der Waals surface area contributed by atoms with Gasteiger partial charge < -0.3 is 10.1 Å². The molecule has 6 heteroatoms. The number of amides is 1. The number of carbonyl (C=O) groups excluding carboxylic acids is 2. The lowest BCUT2D eigenvalue weighted by molar-refractivity contribution is -0.152. The number of benzene rings is 1. The van der Waals surface area contributed by atoms with Gasteiger partial charge in [0.05, 0.1) is 0 Å². The van der Waals surface area contributed by atoms with E-state index in [1.54, 1.807) is 0 Å². The average molecular weight is 348 g/mol. The summed E-state index contributed by atoms with van der Waals surface area (Å²) in [5.74, 6) is -0.305. The molecule has 2 N–H and O–H groups in total. The zero-order chi connectivity index (χ0) is 17.5. The van der Waals surface area contributed by atoms with Crippen LogP contribution in [0.5, 0.6) is 0 Å². The monoisotopic (exact) mass is 348 g/mol. The van der Waals surface area contributed by atoms with Crippen LogP contribution in [0.15, 0.2) is 24.3 Å². The largest absolute Gasteiger partial charge is 0.453 e. The Labute approximate surface area is 148 Å². The SMILES string of the molecule is CC(=O)O[C@@H](C)C(=O)NC(=S)Nc1ccc(C2CCCCC2)cc1. The highest BCUT2D eigenvalue weighted by Crippen LogP contribution is 2.32. The molecular formula is C18H24N2O3S. The summed E-state index contributed by atoms with van der Waals surface area (Å²) in [6.07, 6.45) is 5.60. The molecule has 1 saturated carbocycles. The fraction of sp³-hybridized carbons (Fsp3) is 0.500. The number of anilines is 1. The van der Waals surface area contributed by atoms with Gasteiger partial charge in [-0.05, 0) is 55.6 Å². The van der Waals surface area contributed by atoms with Gasteiger partial charge >= 0.3 is 5.97 Å². The topological polar surface area (TPSA) is 67.4 Å². The van der Waals surface area contributed by atoms with Crippen molar-refractivity contribution in [3.8, 4) is 0 Å². The van der Waals surface area contributed by atoms with E-state index < -0.39 is 18.0 Å². The van der Waals surface area contributed by atoms with Gasteiger partial charge in [0, 0.05) is 12.6 Å². The quantitative estimate of drug-likeness (QED) is 0.644. The summed E-state index contributed by atoms with van der Waals surface area (Å²) in [5, 5.41) is 5.67. The highest BCUT2D eigenvalue weighted by atomic mass is 32.1. The van der Waals surface area contributed by atoms with E-state index in [-0.39, 0.29) is 5.11 Å². The molecular weight excluding hydrogens is 324 g/mol. The highest BCUT2D eigenvalue weighted by molar-refractivity contribution is 7.80. The average Bonchev–Trinajstić information content (AvgIpc) is 2.55. The van der Waals surface area contributed by atoms with E-state index in [9.17, 15) is 9.59 Å². The molecule has 130 valence electrons. The van der Waals surface area contributed by atoms with Crippen molar-refractivity contribution in [2.75, 3.05) is 5.32 Å². The van der Waals surface area contributed by atoms with Crippen LogP contribution >= 0.6 is 12.2 Å². The maximum Gasteiger partial charge on any atom is 0.303 e. The van der Waals surface area contributed by atoms with Crippen LogP contribution in [0.4, 0.5) is 5.69 Å². The van der Waals surface area contributed by atoms with Crippen molar-refractivity contribution >= 4 is 34.9 Å². The maximum absolute atomic E-state index is 11.8. The minimum absolute atomic E-state index is 0.185. The normalized spacial score (nSPS) is 16.1. The van der Waals surface area contributed by atoms with Crippen LogP contribution in [0.1, 0.15) is 57.4 Å². The van der Waals surface area contributed by atoms with Crippen molar-refractivity contribution in [1.82, 2.24) is 5.32 Å². The molecule has 0 radical (unpaired) electrons. The molecule has 0 heterocycles. The van der Waals surface area contributed by atoms with Crippen molar-refractivity contribution < 1.29 is 14.3 Å². The Morgan fingerprint density at radius 1 is 1.17 bits per heavy atom. The molecule has 2 rings (SSSR count). The van der Waals surface area contributed by atoms with Crippen molar-refractivity contribution in [3.63, 3.8) is 0 Å². The van der Waals surface area contributed by atoms with Crippen molar-refractivity contribution in [2.24, 2.45) is 0 Å². The number of rotatable bonds is 4. The lowest BCUT2D eigenvalue weighted by atomic mass is 9.84. The minimum atomic E-state index is -0.879. The Morgan fingerprint density at radius 2 is 1.79 bits per heavy atom. The van der Waals surface area contributed by atoms with Crippen LogP contribution in [0.25, 0.3) is 0 Å². The fourth-order valence-corrected chi connectivity index (χ4v) is 3.17. The van der Waals surface area contributed by atoms with E-state index in [1.165, 1.54) is 51.5 Å². The molecule has 0 spiro atoms. The van der Waals surface area contributed by atoms with Crippen molar-refractivity contribution in [1.29, 1.82) is 0 Å². The van der Waals surface area contributed by atoms with Gasteiger partial charge in [0.2, 0.25) is 0 Å². The molecule has 0 unspecified atom stereocenters. The Hall–Kier alpha value is -1.95. The first-order chi connectivity index (χ1) is 11.5. The van der Waals surface area contributed by atoms with Crippen LogP contribution < -0.4 is 10.6 Å². The smallest absolute Gasteiger partial charge is 0.303 e. The third-order valence-electron chi connectivity index (χ3n) is 4.19. The Balaban J connectivity index is 1.85. The summed E-state index contributed by atoms with van der Waals surface area (Å²) in [6, 6.07) is 8.17. The van der Waals surface area contributed by atoms with E-state index in [1.807, 2.05) is 12.1 Å². The number of thiocarbonyl (C=S) groups is 1. The number of ether oxygens (including phenoxy) is 1. The van der Waals surface area contributed by atoms with E-state index in [4.69, 9.17) is 17.0 Å². The highest BCUT2D eigenvalue weighted by Gasteiger charge is 2.17. The first kappa shape index (κ1) is 18.4. The van der Waals surface area contributed by atoms with Crippen LogP contribution in [0, 0.1) is 0 Å². The first-order valence-electron chi connectivity index (χ1n) is 8.34. The van der Waals surface area contributed by atoms with E-state index in [0.717, 1.165) is 5.69 Å². The second kappa shape index (κ2) is 8.78. The molecule has 1 aromatic carbocycles. The molecule has 1 aromatic rings. The molecule has 0 saturated heterocycles. The summed E-state index contributed by atoms with van der Waals surface area (Å²) < 4.78 is 4.81. The second-order valence-corrected chi connectivity index (χ2v) is 6.56. The predicted molar refractivity (Wildman–Crippen MR) is 97.9 cm³/mol. The van der Waals surface area contributed by atoms with E-state index in [0.29, 0.717) is 5.92 Å². The molecule has 0 bridgehead atoms. The molecule has 1 aliphatic rings. The molecule has 1 aliphatic carbocycles. The van der Waals surface area contributed by atoms with Gasteiger partial charge in [0.1, 0.15) is 0 Å². The standard InChI is InChI=1S/C18H24N2O3S/c1-12(23-13(2)21)17(22)20-18(24)19-16-10-8-15(9-11-16)14-6-4-3-5-7-14/h8-12,14H,3-7H2,1-2H3,(H2,19,20,22,24)/t12-/m0/s1. The Bertz CT molecular complexity index is 595. The van der Waals surface area contributed by atoms with Gasteiger partial charge in [0.25, 0.3) is 5.91 Å². The number of nitrogens with one attached hydrogen (secondary N) is 2. The first-order valence-corrected chi connectivity index (χ1v) is 8.75. The number of hydrogen-bond donors (Lipinski definition) is 2.